The van der Waals surface area contributed by atoms with Gasteiger partial charge in [-0.2, -0.15) is 5.10 Å². The summed E-state index contributed by atoms with van der Waals surface area (Å²) in [4.78, 5) is 0. The van der Waals surface area contributed by atoms with Crippen LogP contribution in [0, 0.1) is 0 Å². The summed E-state index contributed by atoms with van der Waals surface area (Å²) in [6.07, 6.45) is 0.964. The van der Waals surface area contributed by atoms with Gasteiger partial charge < -0.3 is 5.84 Å². The average Bonchev–Trinajstić information content (AvgIpc) is 2.36. The quantitative estimate of drug-likeness (QED) is 0.447. The van der Waals surface area contributed by atoms with Gasteiger partial charge in [0.05, 0.1) is 5.71 Å². The molecule has 1 aliphatic rings. The molecule has 0 amide bonds. The second-order valence-corrected chi connectivity index (χ2v) is 3.97. The summed E-state index contributed by atoms with van der Waals surface area (Å²) in [6.45, 7) is 0. The number of rotatable bonds is 0. The van der Waals surface area contributed by atoms with Crippen molar-refractivity contribution in [2.45, 2.75) is 6.42 Å². The first kappa shape index (κ1) is 9.16. The molecule has 0 atom stereocenters. The Labute approximate surface area is 94.4 Å². The molecule has 0 unspecified atom stereocenters. The minimum absolute atomic E-state index is 0.900. The van der Waals surface area contributed by atoms with Gasteiger partial charge in [0.15, 0.2) is 0 Å². The fraction of sp³-hybridized carbons (Fsp3) is 0.0714. The third kappa shape index (κ3) is 1.23. The first-order valence-corrected chi connectivity index (χ1v) is 5.34. The summed E-state index contributed by atoms with van der Waals surface area (Å²) in [5.41, 5.74) is 5.81. The van der Waals surface area contributed by atoms with E-state index in [2.05, 4.69) is 41.5 Å². The minimum Gasteiger partial charge on any atom is -0.323 e. The molecule has 0 bridgehead atoms. The lowest BCUT2D eigenvalue weighted by Crippen LogP contribution is -2.17. The van der Waals surface area contributed by atoms with Gasteiger partial charge in [0.25, 0.3) is 0 Å². The SMILES string of the molecule is NN=C1c2ccccc2Cc2ccccc21. The van der Waals surface area contributed by atoms with Crippen LogP contribution in [-0.4, -0.2) is 5.71 Å². The molecule has 3 rings (SSSR count). The fourth-order valence-electron chi connectivity index (χ4n) is 2.30. The first-order valence-electron chi connectivity index (χ1n) is 5.34. The lowest BCUT2D eigenvalue weighted by Gasteiger charge is -2.20. The standard InChI is InChI=1S/C14H12N2/c15-16-14-12-7-3-1-5-10(12)9-11-6-2-4-8-13(11)14/h1-8H,9,15H2. The first-order chi connectivity index (χ1) is 7.90. The van der Waals surface area contributed by atoms with Crippen molar-refractivity contribution in [3.8, 4) is 0 Å². The maximum Gasteiger partial charge on any atom is 0.0977 e. The van der Waals surface area contributed by atoms with E-state index in [4.69, 9.17) is 5.84 Å². The number of hydrazone groups is 1. The van der Waals surface area contributed by atoms with E-state index >= 15 is 0 Å². The Balaban J connectivity index is 2.28. The molecule has 0 saturated heterocycles. The Morgan fingerprint density at radius 2 is 1.31 bits per heavy atom. The van der Waals surface area contributed by atoms with Crippen molar-refractivity contribution in [1.82, 2.24) is 0 Å². The van der Waals surface area contributed by atoms with E-state index in [-0.39, 0.29) is 0 Å². The summed E-state index contributed by atoms with van der Waals surface area (Å²) in [7, 11) is 0. The highest BCUT2D eigenvalue weighted by atomic mass is 15.1. The molecule has 0 spiro atoms. The summed E-state index contributed by atoms with van der Waals surface area (Å²) < 4.78 is 0. The lowest BCUT2D eigenvalue weighted by molar-refractivity contribution is 1.13. The van der Waals surface area contributed by atoms with Gasteiger partial charge in [0, 0.05) is 11.1 Å². The summed E-state index contributed by atoms with van der Waals surface area (Å²) >= 11 is 0. The van der Waals surface area contributed by atoms with Crippen molar-refractivity contribution in [3.63, 3.8) is 0 Å². The summed E-state index contributed by atoms with van der Waals surface area (Å²) in [5, 5.41) is 3.95. The Bertz CT molecular complexity index is 523. The molecule has 0 heterocycles. The van der Waals surface area contributed by atoms with Crippen LogP contribution in [0.4, 0.5) is 0 Å². The molecule has 2 N–H and O–H groups in total. The number of hydrogen-bond acceptors (Lipinski definition) is 2. The van der Waals surface area contributed by atoms with E-state index in [1.54, 1.807) is 0 Å². The Kier molecular flexibility index (Phi) is 2.00. The molecular formula is C14H12N2. The average molecular weight is 208 g/mol. The molecule has 0 aromatic heterocycles. The van der Waals surface area contributed by atoms with E-state index in [9.17, 15) is 0 Å². The highest BCUT2D eigenvalue weighted by molar-refractivity contribution is 6.15. The maximum atomic E-state index is 5.52. The minimum atomic E-state index is 0.900. The molecule has 0 saturated carbocycles. The third-order valence-corrected chi connectivity index (χ3v) is 3.05. The molecule has 2 aromatic rings. The zero-order chi connectivity index (χ0) is 11.0. The largest absolute Gasteiger partial charge is 0.323 e. The topological polar surface area (TPSA) is 38.4 Å². The summed E-state index contributed by atoms with van der Waals surface area (Å²) in [6, 6.07) is 16.6. The number of nitrogens with zero attached hydrogens (tertiary/aromatic N) is 1. The van der Waals surface area contributed by atoms with Gasteiger partial charge in [0.2, 0.25) is 0 Å². The van der Waals surface area contributed by atoms with Crippen LogP contribution in [0.3, 0.4) is 0 Å². The van der Waals surface area contributed by atoms with Gasteiger partial charge in [-0.05, 0) is 17.5 Å². The van der Waals surface area contributed by atoms with Crippen LogP contribution in [0.25, 0.3) is 0 Å². The van der Waals surface area contributed by atoms with Crippen molar-refractivity contribution < 1.29 is 0 Å². The van der Waals surface area contributed by atoms with Crippen molar-refractivity contribution in [2.75, 3.05) is 0 Å². The fourth-order valence-corrected chi connectivity index (χ4v) is 2.30. The molecule has 0 aliphatic heterocycles. The van der Waals surface area contributed by atoms with Crippen LogP contribution in [0.15, 0.2) is 53.6 Å². The molecule has 78 valence electrons. The van der Waals surface area contributed by atoms with Crippen molar-refractivity contribution in [1.29, 1.82) is 0 Å². The van der Waals surface area contributed by atoms with Gasteiger partial charge in [-0.3, -0.25) is 0 Å². The number of nitrogens with two attached hydrogens (primary N) is 1. The van der Waals surface area contributed by atoms with E-state index < -0.39 is 0 Å². The number of hydrogen-bond donors (Lipinski definition) is 1. The zero-order valence-corrected chi connectivity index (χ0v) is 8.85. The Morgan fingerprint density at radius 1 is 0.812 bits per heavy atom. The molecule has 2 heteroatoms. The van der Waals surface area contributed by atoms with Crippen LogP contribution in [0.5, 0.6) is 0 Å². The van der Waals surface area contributed by atoms with E-state index in [1.807, 2.05) is 12.1 Å². The zero-order valence-electron chi connectivity index (χ0n) is 8.85. The van der Waals surface area contributed by atoms with E-state index in [1.165, 1.54) is 11.1 Å². The van der Waals surface area contributed by atoms with Crippen LogP contribution in [0.1, 0.15) is 22.3 Å². The predicted octanol–water partition coefficient (Wildman–Crippen LogP) is 2.30. The van der Waals surface area contributed by atoms with Gasteiger partial charge >= 0.3 is 0 Å². The normalized spacial score (nSPS) is 12.9. The van der Waals surface area contributed by atoms with Crippen LogP contribution >= 0.6 is 0 Å². The van der Waals surface area contributed by atoms with Crippen LogP contribution in [0.2, 0.25) is 0 Å². The highest BCUT2D eigenvalue weighted by Gasteiger charge is 2.20. The van der Waals surface area contributed by atoms with E-state index in [0.717, 1.165) is 23.3 Å². The van der Waals surface area contributed by atoms with E-state index in [0.29, 0.717) is 0 Å². The Hall–Kier alpha value is -2.09. The summed E-state index contributed by atoms with van der Waals surface area (Å²) in [5.74, 6) is 5.52. The monoisotopic (exact) mass is 208 g/mol. The van der Waals surface area contributed by atoms with Crippen molar-refractivity contribution >= 4 is 5.71 Å². The third-order valence-electron chi connectivity index (χ3n) is 3.05. The molecule has 1 aliphatic carbocycles. The molecule has 2 nitrogen and oxygen atoms in total. The van der Waals surface area contributed by atoms with Gasteiger partial charge in [-0.25, -0.2) is 0 Å². The smallest absolute Gasteiger partial charge is 0.0977 e. The maximum absolute atomic E-state index is 5.52. The molecular weight excluding hydrogens is 196 g/mol. The molecule has 0 fully saturated rings. The van der Waals surface area contributed by atoms with Crippen molar-refractivity contribution in [2.24, 2.45) is 10.9 Å². The van der Waals surface area contributed by atoms with Crippen molar-refractivity contribution in [3.05, 3.63) is 70.8 Å². The van der Waals surface area contributed by atoms with Crippen LogP contribution in [-0.2, 0) is 6.42 Å². The van der Waals surface area contributed by atoms with Gasteiger partial charge in [-0.1, -0.05) is 48.5 Å². The second kappa shape index (κ2) is 3.49. The second-order valence-electron chi connectivity index (χ2n) is 3.97. The number of fused-ring (bicyclic) bond motifs is 2. The van der Waals surface area contributed by atoms with Crippen LogP contribution < -0.4 is 5.84 Å². The Morgan fingerprint density at radius 3 is 1.81 bits per heavy atom. The molecule has 2 aromatic carbocycles. The lowest BCUT2D eigenvalue weighted by atomic mass is 9.85. The van der Waals surface area contributed by atoms with Gasteiger partial charge in [0.1, 0.15) is 0 Å². The highest BCUT2D eigenvalue weighted by Crippen LogP contribution is 2.26. The predicted molar refractivity (Wildman–Crippen MR) is 65.5 cm³/mol. The van der Waals surface area contributed by atoms with Gasteiger partial charge in [-0.15, -0.1) is 0 Å². The number of benzene rings is 2. The molecule has 0 radical (unpaired) electrons. The molecule has 16 heavy (non-hydrogen) atoms.